The molecule has 1 N–H and O–H groups in total. The van der Waals surface area contributed by atoms with Gasteiger partial charge >= 0.3 is 12.1 Å². The average molecular weight is 299 g/mol. The molecule has 1 aromatic heterocycles. The van der Waals surface area contributed by atoms with E-state index in [9.17, 15) is 23.1 Å². The van der Waals surface area contributed by atoms with Gasteiger partial charge in [0.1, 0.15) is 5.56 Å². The molecule has 112 valence electrons. The number of aromatic nitrogens is 1. The second kappa shape index (κ2) is 5.99. The highest BCUT2D eigenvalue weighted by Gasteiger charge is 2.26. The summed E-state index contributed by atoms with van der Waals surface area (Å²) < 4.78 is 41.3. The van der Waals surface area contributed by atoms with Gasteiger partial charge in [-0.05, 0) is 12.5 Å². The van der Waals surface area contributed by atoms with Crippen LogP contribution >= 0.6 is 0 Å². The lowest BCUT2D eigenvalue weighted by molar-refractivity contribution is -0.136. The summed E-state index contributed by atoms with van der Waals surface area (Å²) in [4.78, 5) is 15.4. The monoisotopic (exact) mass is 299 g/mol. The molecule has 0 amide bonds. The molecule has 0 aliphatic carbocycles. The van der Waals surface area contributed by atoms with Gasteiger partial charge in [-0.3, -0.25) is 4.98 Å². The number of carbonyl (C=O) groups is 1. The van der Waals surface area contributed by atoms with Gasteiger partial charge in [-0.25, -0.2) is 4.79 Å². The first-order valence-corrected chi connectivity index (χ1v) is 6.19. The smallest absolute Gasteiger partial charge is 0.389 e. The zero-order chi connectivity index (χ0) is 15.5. The van der Waals surface area contributed by atoms with Crippen LogP contribution in [-0.4, -0.2) is 28.8 Å². The summed E-state index contributed by atoms with van der Waals surface area (Å²) in [5.41, 5.74) is 0.394. The van der Waals surface area contributed by atoms with Gasteiger partial charge in [-0.1, -0.05) is 18.2 Å². The number of aromatic carboxylic acids is 1. The lowest BCUT2D eigenvalue weighted by Gasteiger charge is -2.11. The maximum absolute atomic E-state index is 12.0. The van der Waals surface area contributed by atoms with E-state index in [2.05, 4.69) is 4.98 Å². The summed E-state index contributed by atoms with van der Waals surface area (Å²) in [6.07, 6.45) is -4.24. The van der Waals surface area contributed by atoms with Crippen LogP contribution in [0, 0.1) is 0 Å². The van der Waals surface area contributed by atoms with Crippen LogP contribution in [0.25, 0.3) is 10.9 Å². The second-order valence-electron chi connectivity index (χ2n) is 4.39. The van der Waals surface area contributed by atoms with Crippen LogP contribution in [0.2, 0.25) is 0 Å². The number of halogens is 3. The van der Waals surface area contributed by atoms with E-state index in [-0.39, 0.29) is 24.3 Å². The number of hydrogen-bond acceptors (Lipinski definition) is 3. The highest BCUT2D eigenvalue weighted by molar-refractivity contribution is 6.04. The van der Waals surface area contributed by atoms with Crippen LogP contribution in [-0.2, 0) is 0 Å². The van der Waals surface area contributed by atoms with E-state index in [0.29, 0.717) is 10.9 Å². The molecule has 1 heterocycles. The lowest BCUT2D eigenvalue weighted by Crippen LogP contribution is -2.11. The van der Waals surface area contributed by atoms with E-state index in [1.807, 2.05) is 0 Å². The van der Waals surface area contributed by atoms with E-state index in [1.165, 1.54) is 6.20 Å². The molecule has 4 nitrogen and oxygen atoms in total. The third-order valence-electron chi connectivity index (χ3n) is 2.82. The molecule has 21 heavy (non-hydrogen) atoms. The Morgan fingerprint density at radius 2 is 2.00 bits per heavy atom. The van der Waals surface area contributed by atoms with E-state index >= 15 is 0 Å². The first-order valence-electron chi connectivity index (χ1n) is 6.19. The molecule has 0 atom stereocenters. The van der Waals surface area contributed by atoms with Crippen molar-refractivity contribution in [2.24, 2.45) is 0 Å². The molecule has 0 saturated carbocycles. The van der Waals surface area contributed by atoms with Crippen LogP contribution in [0.3, 0.4) is 0 Å². The predicted octanol–water partition coefficient (Wildman–Crippen LogP) is 3.65. The quantitative estimate of drug-likeness (QED) is 0.856. The number of pyridine rings is 1. The van der Waals surface area contributed by atoms with Gasteiger partial charge in [0.25, 0.3) is 0 Å². The molecule has 0 bridgehead atoms. The van der Waals surface area contributed by atoms with Crippen molar-refractivity contribution in [2.75, 3.05) is 6.61 Å². The Labute approximate surface area is 118 Å². The average Bonchev–Trinajstić information content (AvgIpc) is 2.41. The van der Waals surface area contributed by atoms with E-state index in [4.69, 9.17) is 4.74 Å². The number of carboxylic acids is 1. The van der Waals surface area contributed by atoms with Crippen molar-refractivity contribution in [3.63, 3.8) is 0 Å². The molecule has 0 saturated heterocycles. The summed E-state index contributed by atoms with van der Waals surface area (Å²) in [5.74, 6) is -1.23. The van der Waals surface area contributed by atoms with Crippen molar-refractivity contribution in [3.05, 3.63) is 36.0 Å². The minimum Gasteiger partial charge on any atom is -0.491 e. The van der Waals surface area contributed by atoms with Crippen molar-refractivity contribution in [3.8, 4) is 5.75 Å². The van der Waals surface area contributed by atoms with Gasteiger partial charge in [0.15, 0.2) is 5.75 Å². The summed E-state index contributed by atoms with van der Waals surface area (Å²) in [7, 11) is 0. The SMILES string of the molecule is O=C(O)c1c(OCCCC(F)(F)F)cnc2ccccc12. The first kappa shape index (κ1) is 15.1. The Bertz CT molecular complexity index is 655. The van der Waals surface area contributed by atoms with Crippen molar-refractivity contribution >= 4 is 16.9 Å². The normalized spacial score (nSPS) is 11.6. The third kappa shape index (κ3) is 3.84. The van der Waals surface area contributed by atoms with E-state index in [1.54, 1.807) is 24.3 Å². The van der Waals surface area contributed by atoms with Gasteiger partial charge in [0, 0.05) is 11.8 Å². The van der Waals surface area contributed by atoms with Crippen molar-refractivity contribution in [2.45, 2.75) is 19.0 Å². The number of benzene rings is 1. The van der Waals surface area contributed by atoms with Crippen LogP contribution in [0.5, 0.6) is 5.75 Å². The molecule has 0 aliphatic rings. The van der Waals surface area contributed by atoms with Crippen molar-refractivity contribution in [1.29, 1.82) is 0 Å². The maximum atomic E-state index is 12.0. The Morgan fingerprint density at radius 3 is 2.67 bits per heavy atom. The fourth-order valence-electron chi connectivity index (χ4n) is 1.91. The van der Waals surface area contributed by atoms with E-state index in [0.717, 1.165) is 0 Å². The molecule has 2 rings (SSSR count). The Kier molecular flexibility index (Phi) is 4.30. The molecule has 0 spiro atoms. The number of nitrogens with zero attached hydrogens (tertiary/aromatic N) is 1. The summed E-state index contributed by atoms with van der Waals surface area (Å²) in [6.45, 7) is -0.222. The highest BCUT2D eigenvalue weighted by Crippen LogP contribution is 2.27. The van der Waals surface area contributed by atoms with E-state index < -0.39 is 18.6 Å². The topological polar surface area (TPSA) is 59.4 Å². The molecule has 0 unspecified atom stereocenters. The summed E-state index contributed by atoms with van der Waals surface area (Å²) in [6, 6.07) is 6.60. The number of para-hydroxylation sites is 1. The molecular formula is C14H12F3NO3. The standard InChI is InChI=1S/C14H12F3NO3/c15-14(16,17)6-3-7-21-11-8-18-10-5-2-1-4-9(10)12(11)13(19)20/h1-2,4-5,8H,3,6-7H2,(H,19,20). The number of fused-ring (bicyclic) bond motifs is 1. The van der Waals surface area contributed by atoms with Crippen LogP contribution in [0.15, 0.2) is 30.5 Å². The molecule has 0 aliphatic heterocycles. The zero-order valence-corrected chi connectivity index (χ0v) is 10.9. The first-order chi connectivity index (χ1) is 9.88. The third-order valence-corrected chi connectivity index (χ3v) is 2.82. The summed E-state index contributed by atoms with van der Waals surface area (Å²) >= 11 is 0. The van der Waals surface area contributed by atoms with Gasteiger partial charge in [-0.15, -0.1) is 0 Å². The molecule has 2 aromatic rings. The predicted molar refractivity (Wildman–Crippen MR) is 69.5 cm³/mol. The second-order valence-corrected chi connectivity index (χ2v) is 4.39. The number of alkyl halides is 3. The molecule has 1 aromatic carbocycles. The van der Waals surface area contributed by atoms with Crippen LogP contribution in [0.4, 0.5) is 13.2 Å². The Morgan fingerprint density at radius 1 is 1.29 bits per heavy atom. The molecule has 0 radical (unpaired) electrons. The van der Waals surface area contributed by atoms with Gasteiger partial charge in [-0.2, -0.15) is 13.2 Å². The maximum Gasteiger partial charge on any atom is 0.389 e. The fraction of sp³-hybridized carbons (Fsp3) is 0.286. The number of hydrogen-bond donors (Lipinski definition) is 1. The highest BCUT2D eigenvalue weighted by atomic mass is 19.4. The lowest BCUT2D eigenvalue weighted by atomic mass is 10.1. The van der Waals surface area contributed by atoms with Gasteiger partial charge < -0.3 is 9.84 Å². The number of ether oxygens (including phenoxy) is 1. The molecule has 7 heteroatoms. The van der Waals surface area contributed by atoms with Gasteiger partial charge in [0.2, 0.25) is 0 Å². The van der Waals surface area contributed by atoms with Crippen LogP contribution < -0.4 is 4.74 Å². The minimum absolute atomic E-state index is 0.0247. The largest absolute Gasteiger partial charge is 0.491 e. The van der Waals surface area contributed by atoms with Crippen molar-refractivity contribution in [1.82, 2.24) is 4.98 Å². The molecule has 0 fully saturated rings. The Hall–Kier alpha value is -2.31. The van der Waals surface area contributed by atoms with Crippen molar-refractivity contribution < 1.29 is 27.8 Å². The number of rotatable bonds is 5. The zero-order valence-electron chi connectivity index (χ0n) is 10.9. The minimum atomic E-state index is -4.25. The summed E-state index contributed by atoms with van der Waals surface area (Å²) in [5, 5.41) is 9.65. The fourth-order valence-corrected chi connectivity index (χ4v) is 1.91. The van der Waals surface area contributed by atoms with Gasteiger partial charge in [0.05, 0.1) is 18.3 Å². The van der Waals surface area contributed by atoms with Crippen LogP contribution in [0.1, 0.15) is 23.2 Å². The molecular weight excluding hydrogens is 287 g/mol. The number of carboxylic acid groups (broad SMARTS) is 1. The Balaban J connectivity index is 2.20.